The van der Waals surface area contributed by atoms with Crippen LogP contribution in [0.25, 0.3) is 4.85 Å². The van der Waals surface area contributed by atoms with E-state index in [1.54, 1.807) is 11.8 Å². The number of aryl methyl sites for hydroxylation is 1. The number of carbonyl (C=O) groups is 1. The van der Waals surface area contributed by atoms with Crippen LogP contribution in [-0.2, 0) is 9.47 Å². The summed E-state index contributed by atoms with van der Waals surface area (Å²) >= 11 is 0. The lowest BCUT2D eigenvalue weighted by molar-refractivity contribution is -0.0907. The number of rotatable bonds is 1. The molecular formula is C20H26FN3O3. The largest absolute Gasteiger partial charge is 0.444 e. The van der Waals surface area contributed by atoms with Crippen molar-refractivity contribution in [2.45, 2.75) is 45.4 Å². The van der Waals surface area contributed by atoms with E-state index >= 15 is 0 Å². The highest BCUT2D eigenvalue weighted by Gasteiger charge is 2.37. The minimum atomic E-state index is -0.512. The number of hydrogen-bond donors (Lipinski definition) is 0. The Hall–Kier alpha value is -2.17. The normalized spacial score (nSPS) is 23.5. The summed E-state index contributed by atoms with van der Waals surface area (Å²) in [6.07, 6.45) is -0.529. The molecule has 2 aliphatic rings. The molecule has 0 aromatic heterocycles. The van der Waals surface area contributed by atoms with Gasteiger partial charge in [-0.2, -0.15) is 0 Å². The molecular weight excluding hydrogens is 349 g/mol. The zero-order valence-corrected chi connectivity index (χ0v) is 16.3. The molecule has 3 rings (SSSR count). The van der Waals surface area contributed by atoms with Gasteiger partial charge in [-0.1, -0.05) is 6.07 Å². The van der Waals surface area contributed by atoms with Gasteiger partial charge in [-0.15, -0.1) is 0 Å². The maximum atomic E-state index is 14.1. The average Bonchev–Trinajstić information content (AvgIpc) is 2.59. The van der Waals surface area contributed by atoms with Crippen molar-refractivity contribution in [1.29, 1.82) is 0 Å². The monoisotopic (exact) mass is 375 g/mol. The number of morpholine rings is 1. The number of ether oxygens (including phenoxy) is 2. The molecule has 146 valence electrons. The second-order valence-electron chi connectivity index (χ2n) is 8.18. The first-order chi connectivity index (χ1) is 12.7. The summed E-state index contributed by atoms with van der Waals surface area (Å²) in [4.78, 5) is 19.5. The van der Waals surface area contributed by atoms with Crippen LogP contribution in [0, 0.1) is 19.3 Å². The molecule has 0 saturated carbocycles. The molecule has 1 aromatic carbocycles. The quantitative estimate of drug-likeness (QED) is 0.703. The van der Waals surface area contributed by atoms with Gasteiger partial charge in [0.25, 0.3) is 0 Å². The maximum absolute atomic E-state index is 14.1. The summed E-state index contributed by atoms with van der Waals surface area (Å²) in [6.45, 7) is 17.4. The van der Waals surface area contributed by atoms with Gasteiger partial charge < -0.3 is 14.4 Å². The fraction of sp³-hybridized carbons (Fsp3) is 0.600. The van der Waals surface area contributed by atoms with Crippen LogP contribution in [0.1, 0.15) is 38.0 Å². The van der Waals surface area contributed by atoms with Crippen molar-refractivity contribution in [2.24, 2.45) is 0 Å². The third-order valence-electron chi connectivity index (χ3n) is 4.91. The molecule has 0 radical (unpaired) electrons. The van der Waals surface area contributed by atoms with Crippen LogP contribution in [0.2, 0.25) is 0 Å². The molecule has 6 nitrogen and oxygen atoms in total. The van der Waals surface area contributed by atoms with E-state index in [0.717, 1.165) is 12.1 Å². The first-order valence-electron chi connectivity index (χ1n) is 9.19. The van der Waals surface area contributed by atoms with Crippen molar-refractivity contribution in [2.75, 3.05) is 32.8 Å². The summed E-state index contributed by atoms with van der Waals surface area (Å²) in [5.41, 5.74) is 0.936. The van der Waals surface area contributed by atoms with Crippen LogP contribution in [0.15, 0.2) is 12.1 Å². The van der Waals surface area contributed by atoms with Crippen molar-refractivity contribution in [3.8, 4) is 0 Å². The number of carbonyl (C=O) groups excluding carboxylic acids is 1. The minimum absolute atomic E-state index is 0.0680. The lowest BCUT2D eigenvalue weighted by atomic mass is 10.0. The third-order valence-corrected chi connectivity index (χ3v) is 4.91. The molecule has 0 N–H and O–H groups in total. The number of nitrogens with zero attached hydrogens (tertiary/aromatic N) is 3. The fourth-order valence-corrected chi connectivity index (χ4v) is 3.57. The van der Waals surface area contributed by atoms with Crippen LogP contribution in [0.5, 0.6) is 0 Å². The Morgan fingerprint density at radius 3 is 2.70 bits per heavy atom. The van der Waals surface area contributed by atoms with Gasteiger partial charge in [0.05, 0.1) is 25.3 Å². The lowest BCUT2D eigenvalue weighted by Gasteiger charge is -2.46. The van der Waals surface area contributed by atoms with Crippen LogP contribution >= 0.6 is 0 Å². The molecule has 0 aliphatic carbocycles. The van der Waals surface area contributed by atoms with Gasteiger partial charge in [-0.05, 0) is 44.9 Å². The second-order valence-corrected chi connectivity index (χ2v) is 8.18. The summed E-state index contributed by atoms with van der Waals surface area (Å²) in [5, 5.41) is 0. The van der Waals surface area contributed by atoms with Crippen LogP contribution < -0.4 is 0 Å². The van der Waals surface area contributed by atoms with E-state index in [2.05, 4.69) is 9.74 Å². The molecule has 2 heterocycles. The summed E-state index contributed by atoms with van der Waals surface area (Å²) in [7, 11) is 0. The summed E-state index contributed by atoms with van der Waals surface area (Å²) < 4.78 is 25.6. The van der Waals surface area contributed by atoms with Gasteiger partial charge in [-0.25, -0.2) is 14.0 Å². The SMILES string of the molecule is [C-]#[N+]c1c(C)cc([C@H]2CN3CCN(C(=O)OC(C)(C)C)C[C@H]3CO2)cc1F. The lowest BCUT2D eigenvalue weighted by Crippen LogP contribution is -2.60. The molecule has 2 aliphatic heterocycles. The van der Waals surface area contributed by atoms with Gasteiger partial charge in [0.1, 0.15) is 11.4 Å². The highest BCUT2D eigenvalue weighted by atomic mass is 19.1. The Bertz CT molecular complexity index is 746. The predicted molar refractivity (Wildman–Crippen MR) is 99.3 cm³/mol. The molecule has 1 aromatic rings. The van der Waals surface area contributed by atoms with E-state index in [0.29, 0.717) is 31.8 Å². The van der Waals surface area contributed by atoms with Gasteiger partial charge in [-0.3, -0.25) is 4.90 Å². The number of fused-ring (bicyclic) bond motifs is 1. The number of halogens is 1. The van der Waals surface area contributed by atoms with Crippen molar-refractivity contribution < 1.29 is 18.7 Å². The van der Waals surface area contributed by atoms with Crippen molar-refractivity contribution in [1.82, 2.24) is 9.80 Å². The van der Waals surface area contributed by atoms with E-state index in [1.165, 1.54) is 6.07 Å². The predicted octanol–water partition coefficient (Wildman–Crippen LogP) is 3.68. The van der Waals surface area contributed by atoms with E-state index in [-0.39, 0.29) is 23.9 Å². The van der Waals surface area contributed by atoms with Crippen molar-refractivity contribution in [3.63, 3.8) is 0 Å². The van der Waals surface area contributed by atoms with E-state index < -0.39 is 11.4 Å². The van der Waals surface area contributed by atoms with Crippen LogP contribution in [0.3, 0.4) is 0 Å². The van der Waals surface area contributed by atoms with Crippen LogP contribution in [0.4, 0.5) is 14.9 Å². The summed E-state index contributed by atoms with van der Waals surface area (Å²) in [6, 6.07) is 3.34. The highest BCUT2D eigenvalue weighted by Crippen LogP contribution is 2.32. The maximum Gasteiger partial charge on any atom is 0.410 e. The zero-order valence-electron chi connectivity index (χ0n) is 16.3. The van der Waals surface area contributed by atoms with E-state index in [4.69, 9.17) is 16.0 Å². The highest BCUT2D eigenvalue weighted by molar-refractivity contribution is 5.68. The summed E-state index contributed by atoms with van der Waals surface area (Å²) in [5.74, 6) is -0.500. The van der Waals surface area contributed by atoms with Crippen molar-refractivity contribution in [3.05, 3.63) is 40.5 Å². The molecule has 0 unspecified atom stereocenters. The molecule has 0 bridgehead atoms. The average molecular weight is 375 g/mol. The van der Waals surface area contributed by atoms with Gasteiger partial charge in [0, 0.05) is 26.2 Å². The number of benzene rings is 1. The van der Waals surface area contributed by atoms with Gasteiger partial charge >= 0.3 is 6.09 Å². The molecule has 2 saturated heterocycles. The Morgan fingerprint density at radius 1 is 1.33 bits per heavy atom. The van der Waals surface area contributed by atoms with Crippen molar-refractivity contribution >= 4 is 11.8 Å². The molecule has 1 amide bonds. The molecule has 0 spiro atoms. The molecule has 27 heavy (non-hydrogen) atoms. The molecule has 7 heteroatoms. The fourth-order valence-electron chi connectivity index (χ4n) is 3.57. The Balaban J connectivity index is 1.65. The third kappa shape index (κ3) is 4.40. The van der Waals surface area contributed by atoms with E-state index in [9.17, 15) is 9.18 Å². The first kappa shape index (κ1) is 19.6. The van der Waals surface area contributed by atoms with Gasteiger partial charge in [0.2, 0.25) is 5.69 Å². The number of piperazine rings is 1. The zero-order chi connectivity index (χ0) is 19.8. The van der Waals surface area contributed by atoms with Gasteiger partial charge in [0.15, 0.2) is 0 Å². The Morgan fingerprint density at radius 2 is 2.07 bits per heavy atom. The number of amides is 1. The minimum Gasteiger partial charge on any atom is -0.444 e. The molecule has 2 fully saturated rings. The molecule has 2 atom stereocenters. The second kappa shape index (κ2) is 7.45. The number of hydrogen-bond acceptors (Lipinski definition) is 4. The van der Waals surface area contributed by atoms with Crippen LogP contribution in [-0.4, -0.2) is 60.3 Å². The smallest absolute Gasteiger partial charge is 0.410 e. The first-order valence-corrected chi connectivity index (χ1v) is 9.19. The topological polar surface area (TPSA) is 46.4 Å². The Labute approximate surface area is 159 Å². The standard InChI is InChI=1S/C20H26FN3O3/c1-13-8-14(9-16(21)18(13)22-5)17-11-23-6-7-24(10-15(23)12-26-17)19(25)27-20(2,3)4/h8-9,15,17H,6-7,10-12H2,1-4H3/t15-,17+/m0/s1. The Kier molecular flexibility index (Phi) is 5.41. The van der Waals surface area contributed by atoms with E-state index in [1.807, 2.05) is 26.8 Å².